The molecule has 5 nitrogen and oxygen atoms in total. The highest BCUT2D eigenvalue weighted by atomic mass is 32.2. The highest BCUT2D eigenvalue weighted by molar-refractivity contribution is 7.89. The predicted octanol–water partition coefficient (Wildman–Crippen LogP) is 2.84. The Morgan fingerprint density at radius 2 is 1.83 bits per heavy atom. The van der Waals surface area contributed by atoms with Crippen LogP contribution in [0.1, 0.15) is 5.56 Å². The predicted molar refractivity (Wildman–Crippen MR) is 85.5 cm³/mol. The van der Waals surface area contributed by atoms with E-state index in [9.17, 15) is 12.8 Å². The summed E-state index contributed by atoms with van der Waals surface area (Å²) in [6.45, 7) is 1.78. The van der Waals surface area contributed by atoms with Crippen LogP contribution in [-0.2, 0) is 10.0 Å². The molecule has 3 N–H and O–H groups in total. The van der Waals surface area contributed by atoms with Crippen LogP contribution in [0.2, 0.25) is 0 Å². The van der Waals surface area contributed by atoms with Crippen molar-refractivity contribution in [3.63, 3.8) is 0 Å². The van der Waals surface area contributed by atoms with Crippen LogP contribution in [0, 0.1) is 12.7 Å². The van der Waals surface area contributed by atoms with Crippen molar-refractivity contribution in [3.8, 4) is 22.4 Å². The number of halogens is 1. The number of nitrogens with two attached hydrogens (primary N) is 1. The van der Waals surface area contributed by atoms with Crippen molar-refractivity contribution in [2.45, 2.75) is 11.8 Å². The van der Waals surface area contributed by atoms with E-state index in [2.05, 4.69) is 10.2 Å². The summed E-state index contributed by atoms with van der Waals surface area (Å²) in [4.78, 5) is -0.00638. The second-order valence-corrected chi connectivity index (χ2v) is 6.68. The van der Waals surface area contributed by atoms with Gasteiger partial charge in [0.15, 0.2) is 0 Å². The maximum Gasteiger partial charge on any atom is 0.238 e. The second kappa shape index (κ2) is 5.60. The summed E-state index contributed by atoms with van der Waals surface area (Å²) in [5.41, 5.74) is 3.01. The number of benzene rings is 2. The molecule has 3 rings (SSSR count). The lowest BCUT2D eigenvalue weighted by Gasteiger charge is -2.09. The van der Waals surface area contributed by atoms with Crippen LogP contribution in [0.15, 0.2) is 53.6 Å². The van der Waals surface area contributed by atoms with Crippen molar-refractivity contribution in [1.82, 2.24) is 10.2 Å². The Kier molecular flexibility index (Phi) is 3.75. The molecule has 1 aromatic heterocycles. The number of aryl methyl sites for hydroxylation is 1. The number of nitrogens with zero attached hydrogens (tertiary/aromatic N) is 1. The molecular formula is C16H14FN3O2S. The zero-order valence-electron chi connectivity index (χ0n) is 12.2. The Hall–Kier alpha value is -2.51. The van der Waals surface area contributed by atoms with Crippen molar-refractivity contribution in [2.75, 3.05) is 0 Å². The molecule has 0 saturated heterocycles. The Morgan fingerprint density at radius 1 is 1.09 bits per heavy atom. The second-order valence-electron chi connectivity index (χ2n) is 5.15. The van der Waals surface area contributed by atoms with E-state index in [1.54, 1.807) is 37.4 Å². The Labute approximate surface area is 133 Å². The highest BCUT2D eigenvalue weighted by Crippen LogP contribution is 2.35. The third-order valence-electron chi connectivity index (χ3n) is 3.57. The lowest BCUT2D eigenvalue weighted by molar-refractivity contribution is 0.598. The van der Waals surface area contributed by atoms with Crippen molar-refractivity contribution in [1.29, 1.82) is 0 Å². The molecule has 0 aliphatic carbocycles. The largest absolute Gasteiger partial charge is 0.284 e. The minimum absolute atomic E-state index is 0.00638. The maximum absolute atomic E-state index is 13.3. The molecule has 3 aromatic rings. The SMILES string of the molecule is Cc1cc(F)ccc1-c1c[nH]nc1-c1ccccc1S(N)(=O)=O. The molecule has 23 heavy (non-hydrogen) atoms. The van der Waals surface area contributed by atoms with Crippen LogP contribution in [0.5, 0.6) is 0 Å². The zero-order valence-corrected chi connectivity index (χ0v) is 13.1. The van der Waals surface area contributed by atoms with Crippen molar-refractivity contribution in [3.05, 3.63) is 60.0 Å². The van der Waals surface area contributed by atoms with Gasteiger partial charge < -0.3 is 0 Å². The van der Waals surface area contributed by atoms with Gasteiger partial charge in [-0.3, -0.25) is 5.10 Å². The molecule has 0 amide bonds. The summed E-state index contributed by atoms with van der Waals surface area (Å²) in [6.07, 6.45) is 1.65. The molecule has 0 aliphatic rings. The van der Waals surface area contributed by atoms with Gasteiger partial charge >= 0.3 is 0 Å². The first kappa shape index (κ1) is 15.4. The topological polar surface area (TPSA) is 88.8 Å². The summed E-state index contributed by atoms with van der Waals surface area (Å²) >= 11 is 0. The number of rotatable bonds is 3. The molecule has 0 radical (unpaired) electrons. The van der Waals surface area contributed by atoms with Gasteiger partial charge in [0.25, 0.3) is 0 Å². The van der Waals surface area contributed by atoms with Crippen LogP contribution in [0.25, 0.3) is 22.4 Å². The number of hydrogen-bond acceptors (Lipinski definition) is 3. The van der Waals surface area contributed by atoms with Gasteiger partial charge in [-0.2, -0.15) is 5.10 Å². The monoisotopic (exact) mass is 331 g/mol. The maximum atomic E-state index is 13.3. The smallest absolute Gasteiger partial charge is 0.238 e. The molecule has 0 saturated carbocycles. The standard InChI is InChI=1S/C16H14FN3O2S/c1-10-8-11(17)6-7-12(10)14-9-19-20-16(14)13-4-2-3-5-15(13)23(18,21)22/h2-9H,1H3,(H,19,20)(H2,18,21,22). The fourth-order valence-electron chi connectivity index (χ4n) is 2.54. The number of sulfonamides is 1. The highest BCUT2D eigenvalue weighted by Gasteiger charge is 2.20. The molecule has 0 spiro atoms. The van der Waals surface area contributed by atoms with Gasteiger partial charge in [-0.05, 0) is 36.2 Å². The van der Waals surface area contributed by atoms with Crippen molar-refractivity contribution >= 4 is 10.0 Å². The van der Waals surface area contributed by atoms with Crippen LogP contribution >= 0.6 is 0 Å². The average molecular weight is 331 g/mol. The molecule has 0 atom stereocenters. The molecule has 0 fully saturated rings. The minimum atomic E-state index is -3.89. The Bertz CT molecular complexity index is 980. The van der Waals surface area contributed by atoms with Gasteiger partial charge in [0, 0.05) is 17.3 Å². The Morgan fingerprint density at radius 3 is 2.52 bits per heavy atom. The molecule has 0 bridgehead atoms. The molecule has 118 valence electrons. The van der Waals surface area contributed by atoms with E-state index in [1.807, 2.05) is 0 Å². The minimum Gasteiger partial charge on any atom is -0.284 e. The van der Waals surface area contributed by atoms with E-state index >= 15 is 0 Å². The van der Waals surface area contributed by atoms with Crippen molar-refractivity contribution < 1.29 is 12.8 Å². The van der Waals surface area contributed by atoms with Gasteiger partial charge in [-0.25, -0.2) is 17.9 Å². The summed E-state index contributed by atoms with van der Waals surface area (Å²) in [5.74, 6) is -0.332. The van der Waals surface area contributed by atoms with E-state index in [-0.39, 0.29) is 10.7 Å². The fraction of sp³-hybridized carbons (Fsp3) is 0.0625. The average Bonchev–Trinajstić information content (AvgIpc) is 2.95. The summed E-state index contributed by atoms with van der Waals surface area (Å²) in [5, 5.41) is 12.2. The number of aromatic nitrogens is 2. The number of aromatic amines is 1. The normalized spacial score (nSPS) is 11.6. The van der Waals surface area contributed by atoms with Crippen LogP contribution in [0.4, 0.5) is 4.39 Å². The number of H-pyrrole nitrogens is 1. The first-order valence-electron chi connectivity index (χ1n) is 6.80. The molecular weight excluding hydrogens is 317 g/mol. The number of hydrogen-bond donors (Lipinski definition) is 2. The van der Waals surface area contributed by atoms with Crippen LogP contribution in [-0.4, -0.2) is 18.6 Å². The van der Waals surface area contributed by atoms with E-state index in [0.29, 0.717) is 16.8 Å². The molecule has 0 unspecified atom stereocenters. The van der Waals surface area contributed by atoms with E-state index in [1.165, 1.54) is 18.2 Å². The molecule has 2 aromatic carbocycles. The van der Waals surface area contributed by atoms with E-state index in [4.69, 9.17) is 5.14 Å². The van der Waals surface area contributed by atoms with Crippen molar-refractivity contribution in [2.24, 2.45) is 5.14 Å². The lowest BCUT2D eigenvalue weighted by atomic mass is 9.98. The number of primary sulfonamides is 1. The third kappa shape index (κ3) is 2.88. The van der Waals surface area contributed by atoms with Gasteiger partial charge in [-0.1, -0.05) is 24.3 Å². The van der Waals surface area contributed by atoms with Gasteiger partial charge in [-0.15, -0.1) is 0 Å². The zero-order chi connectivity index (χ0) is 16.6. The first-order chi connectivity index (χ1) is 10.9. The van der Waals surface area contributed by atoms with Gasteiger partial charge in [0.2, 0.25) is 10.0 Å². The molecule has 7 heteroatoms. The molecule has 0 aliphatic heterocycles. The van der Waals surface area contributed by atoms with Gasteiger partial charge in [0.05, 0.1) is 4.90 Å². The van der Waals surface area contributed by atoms with Crippen LogP contribution < -0.4 is 5.14 Å². The van der Waals surface area contributed by atoms with E-state index in [0.717, 1.165) is 11.1 Å². The lowest BCUT2D eigenvalue weighted by Crippen LogP contribution is -2.13. The van der Waals surface area contributed by atoms with Gasteiger partial charge in [0.1, 0.15) is 11.5 Å². The summed E-state index contributed by atoms with van der Waals surface area (Å²) in [7, 11) is -3.89. The Balaban J connectivity index is 2.24. The number of nitrogens with one attached hydrogen (secondary N) is 1. The summed E-state index contributed by atoms with van der Waals surface area (Å²) < 4.78 is 36.9. The third-order valence-corrected chi connectivity index (χ3v) is 4.54. The van der Waals surface area contributed by atoms with E-state index < -0.39 is 10.0 Å². The van der Waals surface area contributed by atoms with Crippen LogP contribution in [0.3, 0.4) is 0 Å². The summed E-state index contributed by atoms with van der Waals surface area (Å²) in [6, 6.07) is 10.8. The first-order valence-corrected chi connectivity index (χ1v) is 8.35. The quantitative estimate of drug-likeness (QED) is 0.773. The molecule has 1 heterocycles. The fourth-order valence-corrected chi connectivity index (χ4v) is 3.28.